The number of halogens is 1. The molecule has 6 nitrogen and oxygen atoms in total. The van der Waals surface area contributed by atoms with E-state index >= 15 is 0 Å². The van der Waals surface area contributed by atoms with Crippen LogP contribution in [-0.2, 0) is 4.79 Å². The van der Waals surface area contributed by atoms with Crippen molar-refractivity contribution in [3.63, 3.8) is 0 Å². The Labute approximate surface area is 161 Å². The van der Waals surface area contributed by atoms with Gasteiger partial charge in [-0.3, -0.25) is 15.0 Å². The molecule has 0 unspecified atom stereocenters. The highest BCUT2D eigenvalue weighted by Gasteiger charge is 2.15. The van der Waals surface area contributed by atoms with Crippen LogP contribution in [0.2, 0.25) is 0 Å². The van der Waals surface area contributed by atoms with E-state index in [0.29, 0.717) is 22.3 Å². The number of fused-ring (bicyclic) bond motifs is 1. The molecule has 0 atom stereocenters. The van der Waals surface area contributed by atoms with Crippen LogP contribution in [0.25, 0.3) is 22.3 Å². The fourth-order valence-electron chi connectivity index (χ4n) is 2.30. The predicted octanol–water partition coefficient (Wildman–Crippen LogP) is 2.95. The van der Waals surface area contributed by atoms with Gasteiger partial charge < -0.3 is 0 Å². The standard InChI is InChI=1S/C17H11IN4O2S/c18-12-6-7-14-13(8-12)17(24)22(21-15(23)9-25-10-19)16(20-14)11-4-2-1-3-5-11/h1-8H,9H2,(H,21,23). The number of aromatic nitrogens is 2. The third-order valence-corrected chi connectivity index (χ3v) is 4.57. The van der Waals surface area contributed by atoms with Gasteiger partial charge in [0.15, 0.2) is 5.82 Å². The van der Waals surface area contributed by atoms with Crippen molar-refractivity contribution in [1.82, 2.24) is 9.66 Å². The predicted molar refractivity (Wildman–Crippen MR) is 107 cm³/mol. The van der Waals surface area contributed by atoms with Gasteiger partial charge in [0.25, 0.3) is 5.56 Å². The Hall–Kier alpha value is -2.38. The van der Waals surface area contributed by atoms with E-state index in [1.54, 1.807) is 12.1 Å². The molecule has 0 fully saturated rings. The van der Waals surface area contributed by atoms with Crippen LogP contribution < -0.4 is 11.0 Å². The number of carbonyl (C=O) groups excluding carboxylic acids is 1. The van der Waals surface area contributed by atoms with Gasteiger partial charge in [0.05, 0.1) is 16.7 Å². The third kappa shape index (κ3) is 3.83. The highest BCUT2D eigenvalue weighted by Crippen LogP contribution is 2.19. The van der Waals surface area contributed by atoms with Gasteiger partial charge in [-0.1, -0.05) is 30.3 Å². The molecule has 2 aromatic carbocycles. The van der Waals surface area contributed by atoms with E-state index in [9.17, 15) is 9.59 Å². The molecule has 1 heterocycles. The summed E-state index contributed by atoms with van der Waals surface area (Å²) in [6.45, 7) is 0. The second kappa shape index (κ2) is 7.67. The third-order valence-electron chi connectivity index (χ3n) is 3.37. The van der Waals surface area contributed by atoms with Crippen LogP contribution in [0.15, 0.2) is 53.3 Å². The van der Waals surface area contributed by atoms with Crippen LogP contribution in [0.5, 0.6) is 0 Å². The topological polar surface area (TPSA) is 87.8 Å². The van der Waals surface area contributed by atoms with Crippen molar-refractivity contribution >= 4 is 51.2 Å². The number of carbonyl (C=O) groups is 1. The zero-order valence-corrected chi connectivity index (χ0v) is 15.7. The minimum absolute atomic E-state index is 0.0679. The van der Waals surface area contributed by atoms with E-state index in [1.165, 1.54) is 0 Å². The van der Waals surface area contributed by atoms with Gasteiger partial charge in [0, 0.05) is 9.13 Å². The molecule has 0 spiro atoms. The van der Waals surface area contributed by atoms with Gasteiger partial charge in [0.2, 0.25) is 5.91 Å². The first-order valence-corrected chi connectivity index (χ1v) is 9.25. The van der Waals surface area contributed by atoms with Crippen LogP contribution in [0.4, 0.5) is 0 Å². The second-order valence-electron chi connectivity index (χ2n) is 5.02. The molecule has 8 heteroatoms. The number of thioether (sulfide) groups is 1. The first kappa shape index (κ1) is 17.4. The van der Waals surface area contributed by atoms with Crippen molar-refractivity contribution in [3.05, 3.63) is 62.5 Å². The first-order valence-electron chi connectivity index (χ1n) is 7.18. The molecule has 3 rings (SSSR count). The molecule has 0 radical (unpaired) electrons. The summed E-state index contributed by atoms with van der Waals surface area (Å²) >= 11 is 2.92. The van der Waals surface area contributed by atoms with Crippen molar-refractivity contribution < 1.29 is 4.79 Å². The molecule has 0 aliphatic heterocycles. The number of thiocyanates is 1. The largest absolute Gasteiger partial charge is 0.280 e. The van der Waals surface area contributed by atoms with Gasteiger partial charge >= 0.3 is 0 Å². The Bertz CT molecular complexity index is 1040. The summed E-state index contributed by atoms with van der Waals surface area (Å²) in [6, 6.07) is 14.5. The van der Waals surface area contributed by atoms with Crippen LogP contribution in [0.1, 0.15) is 0 Å². The number of nitrogens with zero attached hydrogens (tertiary/aromatic N) is 3. The number of hydrogen-bond acceptors (Lipinski definition) is 5. The van der Waals surface area contributed by atoms with Gasteiger partial charge in [-0.25, -0.2) is 4.98 Å². The Balaban J connectivity index is 2.20. The van der Waals surface area contributed by atoms with Crippen molar-refractivity contribution in [3.8, 4) is 16.8 Å². The SMILES string of the molecule is N#CSCC(=O)Nn1c(-c2ccccc2)nc2ccc(I)cc2c1=O. The molecule has 0 aliphatic carbocycles. The normalized spacial score (nSPS) is 10.4. The minimum atomic E-state index is -0.447. The quantitative estimate of drug-likeness (QED) is 0.476. The van der Waals surface area contributed by atoms with Gasteiger partial charge in [0.1, 0.15) is 5.40 Å². The number of rotatable bonds is 4. The summed E-state index contributed by atoms with van der Waals surface area (Å²) in [4.78, 5) is 29.5. The van der Waals surface area contributed by atoms with E-state index < -0.39 is 5.91 Å². The Morgan fingerprint density at radius 1 is 1.28 bits per heavy atom. The van der Waals surface area contributed by atoms with E-state index in [2.05, 4.69) is 33.0 Å². The average molecular weight is 462 g/mol. The summed E-state index contributed by atoms with van der Waals surface area (Å²) < 4.78 is 2.04. The smallest absolute Gasteiger partial charge is 0.272 e. The Kier molecular flexibility index (Phi) is 5.35. The number of amides is 1. The molecule has 1 amide bonds. The summed E-state index contributed by atoms with van der Waals surface area (Å²) in [5.41, 5.74) is 3.45. The molecule has 3 aromatic rings. The lowest BCUT2D eigenvalue weighted by atomic mass is 10.2. The minimum Gasteiger partial charge on any atom is -0.272 e. The lowest BCUT2D eigenvalue weighted by Gasteiger charge is -2.14. The number of nitriles is 1. The molecule has 0 saturated carbocycles. The summed E-state index contributed by atoms with van der Waals surface area (Å²) in [5.74, 6) is -0.172. The van der Waals surface area contributed by atoms with Crippen molar-refractivity contribution in [2.45, 2.75) is 0 Å². The Morgan fingerprint density at radius 3 is 2.76 bits per heavy atom. The maximum Gasteiger partial charge on any atom is 0.280 e. The number of hydrogen-bond donors (Lipinski definition) is 1. The summed E-state index contributed by atoms with van der Waals surface area (Å²) in [6.07, 6.45) is 0. The van der Waals surface area contributed by atoms with E-state index in [-0.39, 0.29) is 11.3 Å². The van der Waals surface area contributed by atoms with Gasteiger partial charge in [-0.2, -0.15) is 9.94 Å². The molecular weight excluding hydrogens is 451 g/mol. The highest BCUT2D eigenvalue weighted by molar-refractivity contribution is 14.1. The van der Waals surface area contributed by atoms with Gasteiger partial charge in [-0.05, 0) is 52.6 Å². The molecule has 25 heavy (non-hydrogen) atoms. The highest BCUT2D eigenvalue weighted by atomic mass is 127. The monoisotopic (exact) mass is 462 g/mol. The molecule has 0 saturated heterocycles. The molecular formula is C17H11IN4O2S. The van der Waals surface area contributed by atoms with Crippen molar-refractivity contribution in [1.29, 1.82) is 5.26 Å². The summed E-state index contributed by atoms with van der Waals surface area (Å²) in [5, 5.41) is 10.8. The first-order chi connectivity index (χ1) is 12.1. The maximum atomic E-state index is 12.9. The lowest BCUT2D eigenvalue weighted by molar-refractivity contribution is -0.114. The Morgan fingerprint density at radius 2 is 2.04 bits per heavy atom. The van der Waals surface area contributed by atoms with E-state index in [4.69, 9.17) is 5.26 Å². The van der Waals surface area contributed by atoms with Crippen LogP contribution in [-0.4, -0.2) is 21.3 Å². The molecule has 0 bridgehead atoms. The molecule has 1 aromatic heterocycles. The fraction of sp³-hybridized carbons (Fsp3) is 0.0588. The number of nitrogens with one attached hydrogen (secondary N) is 1. The van der Waals surface area contributed by atoms with Crippen LogP contribution >= 0.6 is 34.4 Å². The number of benzene rings is 2. The maximum absolute atomic E-state index is 12.9. The zero-order chi connectivity index (χ0) is 17.8. The molecule has 1 N–H and O–H groups in total. The van der Waals surface area contributed by atoms with Crippen LogP contribution in [0.3, 0.4) is 0 Å². The summed E-state index contributed by atoms with van der Waals surface area (Å²) in [7, 11) is 0. The van der Waals surface area contributed by atoms with Crippen LogP contribution in [0, 0.1) is 14.2 Å². The molecule has 124 valence electrons. The second-order valence-corrected chi connectivity index (χ2v) is 7.02. The van der Waals surface area contributed by atoms with E-state index in [1.807, 2.05) is 41.8 Å². The fourth-order valence-corrected chi connectivity index (χ4v) is 3.05. The van der Waals surface area contributed by atoms with Crippen molar-refractivity contribution in [2.24, 2.45) is 0 Å². The average Bonchev–Trinajstić information content (AvgIpc) is 2.63. The lowest BCUT2D eigenvalue weighted by Crippen LogP contribution is -2.36. The molecule has 0 aliphatic rings. The zero-order valence-electron chi connectivity index (χ0n) is 12.8. The van der Waals surface area contributed by atoms with E-state index in [0.717, 1.165) is 20.0 Å². The van der Waals surface area contributed by atoms with Gasteiger partial charge in [-0.15, -0.1) is 0 Å². The van der Waals surface area contributed by atoms with Crippen molar-refractivity contribution in [2.75, 3.05) is 11.2 Å².